The minimum atomic E-state index is -0.179. The lowest BCUT2D eigenvalue weighted by Crippen LogP contribution is -2.12. The second-order valence-corrected chi connectivity index (χ2v) is 7.75. The third kappa shape index (κ3) is 4.31. The van der Waals surface area contributed by atoms with Crippen molar-refractivity contribution in [1.82, 2.24) is 20.1 Å². The number of rotatable bonds is 5. The molecule has 0 aliphatic heterocycles. The molecule has 0 fully saturated rings. The zero-order valence-corrected chi connectivity index (χ0v) is 16.5. The minimum absolute atomic E-state index is 0.148. The maximum Gasteiger partial charge on any atom is 0.227 e. The smallest absolute Gasteiger partial charge is 0.227 e. The summed E-state index contributed by atoms with van der Waals surface area (Å²) in [6.45, 7) is 6.12. The summed E-state index contributed by atoms with van der Waals surface area (Å²) in [5, 5.41) is 6.80. The number of pyridine rings is 1. The average molecular weight is 391 g/mol. The third-order valence-corrected chi connectivity index (χ3v) is 4.27. The van der Waals surface area contributed by atoms with Crippen molar-refractivity contribution in [2.75, 3.05) is 5.32 Å². The fourth-order valence-electron chi connectivity index (χ4n) is 2.74. The van der Waals surface area contributed by atoms with Crippen molar-refractivity contribution >= 4 is 22.7 Å². The molecule has 0 spiro atoms. The Morgan fingerprint density at radius 3 is 2.79 bits per heavy atom. The lowest BCUT2D eigenvalue weighted by atomic mass is 9.97. The van der Waals surface area contributed by atoms with Gasteiger partial charge in [-0.3, -0.25) is 9.78 Å². The number of aromatic nitrogens is 4. The Morgan fingerprint density at radius 2 is 2.03 bits per heavy atom. The van der Waals surface area contributed by atoms with Crippen LogP contribution in [-0.4, -0.2) is 26.0 Å². The first kappa shape index (κ1) is 18.8. The summed E-state index contributed by atoms with van der Waals surface area (Å²) >= 11 is 0. The van der Waals surface area contributed by atoms with E-state index in [0.717, 1.165) is 5.56 Å². The van der Waals surface area contributed by atoms with E-state index in [1.54, 1.807) is 30.6 Å². The van der Waals surface area contributed by atoms with E-state index in [1.165, 1.54) is 0 Å². The molecular formula is C21H21N5O3. The number of anilines is 1. The Kier molecular flexibility index (Phi) is 4.84. The molecule has 3 aromatic heterocycles. The normalized spacial score (nSPS) is 11.7. The first-order valence-corrected chi connectivity index (χ1v) is 9.32. The number of hydrogen-bond donors (Lipinski definition) is 1. The van der Waals surface area contributed by atoms with E-state index in [2.05, 4.69) is 25.4 Å². The number of nitrogens with zero attached hydrogens (tertiary/aromatic N) is 4. The fraction of sp³-hybridized carbons (Fsp3) is 0.286. The third-order valence-electron chi connectivity index (χ3n) is 4.27. The second-order valence-electron chi connectivity index (χ2n) is 7.75. The van der Waals surface area contributed by atoms with Gasteiger partial charge in [-0.15, -0.1) is 0 Å². The number of hydrogen-bond acceptors (Lipinski definition) is 7. The van der Waals surface area contributed by atoms with Gasteiger partial charge in [-0.05, 0) is 30.3 Å². The maximum atomic E-state index is 12.3. The van der Waals surface area contributed by atoms with Gasteiger partial charge < -0.3 is 14.3 Å². The summed E-state index contributed by atoms with van der Waals surface area (Å²) in [6.07, 6.45) is 3.90. The van der Waals surface area contributed by atoms with Crippen molar-refractivity contribution < 1.29 is 13.7 Å². The molecule has 8 nitrogen and oxygen atoms in total. The lowest BCUT2D eigenvalue weighted by molar-refractivity contribution is -0.116. The van der Waals surface area contributed by atoms with Crippen LogP contribution in [0.25, 0.3) is 22.5 Å². The number of fused-ring (bicyclic) bond motifs is 1. The standard InChI is InChI=1S/C21H21N5O3/c1-21(2,3)20-24-15-11-14(6-7-16(15)28-20)23-17(27)8-9-18-25-19(26-29-18)13-5-4-10-22-12-13/h4-7,10-12H,8-9H2,1-3H3,(H,23,27). The van der Waals surface area contributed by atoms with Gasteiger partial charge in [-0.25, -0.2) is 4.98 Å². The first-order valence-electron chi connectivity index (χ1n) is 9.32. The van der Waals surface area contributed by atoms with Crippen molar-refractivity contribution in [1.29, 1.82) is 0 Å². The van der Waals surface area contributed by atoms with Gasteiger partial charge in [0.25, 0.3) is 0 Å². The highest BCUT2D eigenvalue weighted by Crippen LogP contribution is 2.27. The SMILES string of the molecule is CC(C)(C)c1nc2cc(NC(=O)CCc3nc(-c4cccnc4)no3)ccc2o1. The van der Waals surface area contributed by atoms with E-state index in [0.29, 0.717) is 40.8 Å². The molecule has 0 bridgehead atoms. The van der Waals surface area contributed by atoms with E-state index >= 15 is 0 Å². The molecule has 4 rings (SSSR count). The fourth-order valence-corrected chi connectivity index (χ4v) is 2.74. The van der Waals surface area contributed by atoms with Gasteiger partial charge in [0, 0.05) is 41.9 Å². The van der Waals surface area contributed by atoms with Gasteiger partial charge in [0.1, 0.15) is 5.52 Å². The predicted molar refractivity (Wildman–Crippen MR) is 107 cm³/mol. The molecule has 0 saturated carbocycles. The van der Waals surface area contributed by atoms with Crippen LogP contribution in [-0.2, 0) is 16.6 Å². The van der Waals surface area contributed by atoms with Crippen LogP contribution in [0.1, 0.15) is 39.0 Å². The molecule has 0 aliphatic carbocycles. The highest BCUT2D eigenvalue weighted by Gasteiger charge is 2.21. The molecule has 0 aliphatic rings. The molecule has 3 heterocycles. The van der Waals surface area contributed by atoms with Crippen LogP contribution in [0.15, 0.2) is 51.7 Å². The molecule has 8 heteroatoms. The topological polar surface area (TPSA) is 107 Å². The van der Waals surface area contributed by atoms with Gasteiger partial charge in [-0.2, -0.15) is 4.98 Å². The maximum absolute atomic E-state index is 12.3. The molecule has 0 atom stereocenters. The summed E-state index contributed by atoms with van der Waals surface area (Å²) in [5.41, 5.74) is 2.66. The minimum Gasteiger partial charge on any atom is -0.440 e. The molecule has 0 unspecified atom stereocenters. The van der Waals surface area contributed by atoms with Gasteiger partial charge >= 0.3 is 0 Å². The van der Waals surface area contributed by atoms with Gasteiger partial charge in [-0.1, -0.05) is 25.9 Å². The van der Waals surface area contributed by atoms with Crippen LogP contribution in [0.2, 0.25) is 0 Å². The van der Waals surface area contributed by atoms with Crippen LogP contribution < -0.4 is 5.32 Å². The van der Waals surface area contributed by atoms with Crippen LogP contribution >= 0.6 is 0 Å². The van der Waals surface area contributed by atoms with Crippen molar-refractivity contribution in [2.24, 2.45) is 0 Å². The average Bonchev–Trinajstić information content (AvgIpc) is 3.33. The summed E-state index contributed by atoms with van der Waals surface area (Å²) < 4.78 is 11.0. The van der Waals surface area contributed by atoms with Gasteiger partial charge in [0.05, 0.1) is 0 Å². The van der Waals surface area contributed by atoms with Crippen LogP contribution in [0.5, 0.6) is 0 Å². The molecule has 1 aromatic carbocycles. The van der Waals surface area contributed by atoms with E-state index in [1.807, 2.05) is 32.9 Å². The van der Waals surface area contributed by atoms with E-state index in [-0.39, 0.29) is 17.7 Å². The van der Waals surface area contributed by atoms with Crippen molar-refractivity contribution in [3.63, 3.8) is 0 Å². The summed E-state index contributed by atoms with van der Waals surface area (Å²) in [7, 11) is 0. The summed E-state index contributed by atoms with van der Waals surface area (Å²) in [4.78, 5) is 25.2. The molecule has 1 amide bonds. The zero-order chi connectivity index (χ0) is 20.4. The quantitative estimate of drug-likeness (QED) is 0.545. The largest absolute Gasteiger partial charge is 0.440 e. The highest BCUT2D eigenvalue weighted by molar-refractivity contribution is 5.92. The number of aryl methyl sites for hydroxylation is 1. The number of oxazole rings is 1. The summed E-state index contributed by atoms with van der Waals surface area (Å²) in [6, 6.07) is 9.06. The number of benzene rings is 1. The zero-order valence-electron chi connectivity index (χ0n) is 16.5. The van der Waals surface area contributed by atoms with E-state index in [9.17, 15) is 4.79 Å². The first-order chi connectivity index (χ1) is 13.9. The Morgan fingerprint density at radius 1 is 1.17 bits per heavy atom. The Labute approximate surface area is 167 Å². The molecule has 1 N–H and O–H groups in total. The number of nitrogens with one attached hydrogen (secondary N) is 1. The predicted octanol–water partition coefficient (Wildman–Crippen LogP) is 4.14. The highest BCUT2D eigenvalue weighted by atomic mass is 16.5. The van der Waals surface area contributed by atoms with Gasteiger partial charge in [0.2, 0.25) is 23.5 Å². The Hall–Kier alpha value is -3.55. The molecule has 0 saturated heterocycles. The number of carbonyl (C=O) groups excluding carboxylic acids is 1. The van der Waals surface area contributed by atoms with Crippen molar-refractivity contribution in [3.8, 4) is 11.4 Å². The lowest BCUT2D eigenvalue weighted by Gasteiger charge is -2.11. The van der Waals surface area contributed by atoms with Crippen molar-refractivity contribution in [2.45, 2.75) is 39.0 Å². The van der Waals surface area contributed by atoms with Crippen LogP contribution in [0.4, 0.5) is 5.69 Å². The van der Waals surface area contributed by atoms with Crippen LogP contribution in [0, 0.1) is 0 Å². The molecule has 0 radical (unpaired) electrons. The van der Waals surface area contributed by atoms with E-state index < -0.39 is 0 Å². The number of carbonyl (C=O) groups is 1. The Balaban J connectivity index is 1.38. The van der Waals surface area contributed by atoms with E-state index in [4.69, 9.17) is 8.94 Å². The second kappa shape index (κ2) is 7.46. The Bertz CT molecular complexity index is 1140. The molecule has 29 heavy (non-hydrogen) atoms. The van der Waals surface area contributed by atoms with Crippen molar-refractivity contribution in [3.05, 3.63) is 54.5 Å². The number of amides is 1. The monoisotopic (exact) mass is 391 g/mol. The van der Waals surface area contributed by atoms with Crippen LogP contribution in [0.3, 0.4) is 0 Å². The molecule has 4 aromatic rings. The summed E-state index contributed by atoms with van der Waals surface area (Å²) in [5.74, 6) is 1.38. The molecule has 148 valence electrons. The molecular weight excluding hydrogens is 370 g/mol. The van der Waals surface area contributed by atoms with Gasteiger partial charge in [0.15, 0.2) is 5.58 Å².